The summed E-state index contributed by atoms with van der Waals surface area (Å²) in [6.45, 7) is 3.55. The third kappa shape index (κ3) is 2.70. The Hall–Kier alpha value is -2.02. The smallest absolute Gasteiger partial charge is 0.280 e. The Morgan fingerprint density at radius 3 is 2.58 bits per heavy atom. The maximum absolute atomic E-state index is 12.2. The molecule has 0 aliphatic heterocycles. The fraction of sp³-hybridized carbons (Fsp3) is 0.250. The van der Waals surface area contributed by atoms with Crippen LogP contribution in [-0.4, -0.2) is 18.0 Å². The number of rotatable bonds is 3. The predicted octanol–water partition coefficient (Wildman–Crippen LogP) is 1.42. The molecule has 7 heteroatoms. The lowest BCUT2D eigenvalue weighted by molar-refractivity contribution is 0.598. The van der Waals surface area contributed by atoms with Gasteiger partial charge in [-0.15, -0.1) is 0 Å². The van der Waals surface area contributed by atoms with Gasteiger partial charge in [0.2, 0.25) is 0 Å². The molecule has 19 heavy (non-hydrogen) atoms. The summed E-state index contributed by atoms with van der Waals surface area (Å²) in [6.07, 6.45) is 1.47. The first-order valence-electron chi connectivity index (χ1n) is 5.68. The molecule has 0 saturated heterocycles. The maximum atomic E-state index is 12.2. The predicted molar refractivity (Wildman–Crippen MR) is 74.3 cm³/mol. The molecule has 0 bridgehead atoms. The van der Waals surface area contributed by atoms with Gasteiger partial charge in [0, 0.05) is 18.9 Å². The second kappa shape index (κ2) is 4.58. The van der Waals surface area contributed by atoms with Crippen molar-refractivity contribution >= 4 is 21.4 Å². The number of nitrogens with zero attached hydrogens (tertiary/aromatic N) is 2. The van der Waals surface area contributed by atoms with Crippen LogP contribution in [0.15, 0.2) is 29.4 Å². The summed E-state index contributed by atoms with van der Waals surface area (Å²) in [5.74, 6) is 0.629. The molecule has 0 fully saturated rings. The van der Waals surface area contributed by atoms with Crippen LogP contribution >= 0.6 is 0 Å². The SMILES string of the molecule is Cc1ccc(N)cc1NS(=O)(=O)c1cn(C)c(C)n1. The van der Waals surface area contributed by atoms with Crippen LogP contribution in [-0.2, 0) is 17.1 Å². The Morgan fingerprint density at radius 1 is 1.32 bits per heavy atom. The number of hydrogen-bond acceptors (Lipinski definition) is 4. The Labute approximate surface area is 112 Å². The molecule has 1 heterocycles. The summed E-state index contributed by atoms with van der Waals surface area (Å²) < 4.78 is 28.6. The highest BCUT2D eigenvalue weighted by Crippen LogP contribution is 2.21. The first kappa shape index (κ1) is 13.4. The normalized spacial score (nSPS) is 11.5. The molecule has 0 atom stereocenters. The van der Waals surface area contributed by atoms with Gasteiger partial charge in [0.05, 0.1) is 5.69 Å². The Balaban J connectivity index is 2.39. The van der Waals surface area contributed by atoms with Crippen LogP contribution in [0.5, 0.6) is 0 Å². The van der Waals surface area contributed by atoms with Crippen molar-refractivity contribution in [3.8, 4) is 0 Å². The fourth-order valence-electron chi connectivity index (χ4n) is 1.60. The van der Waals surface area contributed by atoms with E-state index in [1.165, 1.54) is 6.20 Å². The molecule has 102 valence electrons. The number of benzene rings is 1. The molecule has 0 aliphatic carbocycles. The molecule has 0 spiro atoms. The molecule has 1 aromatic carbocycles. The van der Waals surface area contributed by atoms with Crippen LogP contribution in [0.4, 0.5) is 11.4 Å². The van der Waals surface area contributed by atoms with E-state index < -0.39 is 10.0 Å². The quantitative estimate of drug-likeness (QED) is 0.832. The van der Waals surface area contributed by atoms with E-state index in [4.69, 9.17) is 5.73 Å². The number of anilines is 2. The topological polar surface area (TPSA) is 90.0 Å². The van der Waals surface area contributed by atoms with Crippen molar-refractivity contribution in [3.05, 3.63) is 35.8 Å². The zero-order chi connectivity index (χ0) is 14.2. The summed E-state index contributed by atoms with van der Waals surface area (Å²) in [5, 5.41) is -0.00526. The number of nitrogens with one attached hydrogen (secondary N) is 1. The van der Waals surface area contributed by atoms with Crippen molar-refractivity contribution in [1.82, 2.24) is 9.55 Å². The molecule has 6 nitrogen and oxygen atoms in total. The van der Waals surface area contributed by atoms with Crippen LogP contribution in [0.25, 0.3) is 0 Å². The van der Waals surface area contributed by atoms with Crippen LogP contribution in [0, 0.1) is 13.8 Å². The minimum atomic E-state index is -3.69. The number of aromatic nitrogens is 2. The summed E-state index contributed by atoms with van der Waals surface area (Å²) in [5.41, 5.74) is 7.42. The van der Waals surface area contributed by atoms with Crippen LogP contribution in [0.2, 0.25) is 0 Å². The van der Waals surface area contributed by atoms with E-state index in [2.05, 4.69) is 9.71 Å². The second-order valence-electron chi connectivity index (χ2n) is 4.42. The summed E-state index contributed by atoms with van der Waals surface area (Å²) in [6, 6.07) is 5.07. The molecule has 2 aromatic rings. The van der Waals surface area contributed by atoms with E-state index in [1.54, 1.807) is 43.7 Å². The van der Waals surface area contributed by atoms with E-state index in [0.717, 1.165) is 5.56 Å². The number of nitrogen functional groups attached to an aromatic ring is 1. The summed E-state index contributed by atoms with van der Waals surface area (Å²) in [4.78, 5) is 4.01. The van der Waals surface area contributed by atoms with Crippen LogP contribution in [0.1, 0.15) is 11.4 Å². The third-order valence-electron chi connectivity index (χ3n) is 2.87. The molecule has 0 radical (unpaired) electrons. The van der Waals surface area contributed by atoms with Gasteiger partial charge >= 0.3 is 0 Å². The Morgan fingerprint density at radius 2 is 2.00 bits per heavy atom. The summed E-state index contributed by atoms with van der Waals surface area (Å²) in [7, 11) is -1.95. The number of aryl methyl sites for hydroxylation is 3. The number of nitrogens with two attached hydrogens (primary N) is 1. The minimum Gasteiger partial charge on any atom is -0.399 e. The Bertz CT molecular complexity index is 700. The molecule has 0 saturated carbocycles. The molecule has 0 amide bonds. The van der Waals surface area contributed by atoms with Gasteiger partial charge in [0.15, 0.2) is 5.03 Å². The molecule has 3 N–H and O–H groups in total. The number of sulfonamides is 1. The van der Waals surface area contributed by atoms with E-state index in [1.807, 2.05) is 0 Å². The first-order chi connectivity index (χ1) is 8.79. The lowest BCUT2D eigenvalue weighted by atomic mass is 10.2. The van der Waals surface area contributed by atoms with Crippen molar-refractivity contribution in [2.24, 2.45) is 7.05 Å². The van der Waals surface area contributed by atoms with Gasteiger partial charge in [-0.2, -0.15) is 8.42 Å². The average molecular weight is 280 g/mol. The van der Waals surface area contributed by atoms with Crippen molar-refractivity contribution in [2.75, 3.05) is 10.5 Å². The standard InChI is InChI=1S/C12H16N4O2S/c1-8-4-5-10(13)6-11(8)15-19(17,18)12-7-16(3)9(2)14-12/h4-7,15H,13H2,1-3H3. The highest BCUT2D eigenvalue weighted by molar-refractivity contribution is 7.92. The molecule has 1 aromatic heterocycles. The number of hydrogen-bond donors (Lipinski definition) is 2. The van der Waals surface area contributed by atoms with Crippen molar-refractivity contribution < 1.29 is 8.42 Å². The van der Waals surface area contributed by atoms with Crippen LogP contribution < -0.4 is 10.5 Å². The van der Waals surface area contributed by atoms with Gasteiger partial charge in [0.25, 0.3) is 10.0 Å². The molecule has 2 rings (SSSR count). The van der Waals surface area contributed by atoms with Crippen molar-refractivity contribution in [2.45, 2.75) is 18.9 Å². The van der Waals surface area contributed by atoms with Crippen molar-refractivity contribution in [3.63, 3.8) is 0 Å². The van der Waals surface area contributed by atoms with Crippen molar-refractivity contribution in [1.29, 1.82) is 0 Å². The lowest BCUT2D eigenvalue weighted by Crippen LogP contribution is -2.14. The molecule has 0 unspecified atom stereocenters. The highest BCUT2D eigenvalue weighted by atomic mass is 32.2. The number of imidazole rings is 1. The van der Waals surface area contributed by atoms with E-state index in [-0.39, 0.29) is 5.03 Å². The van der Waals surface area contributed by atoms with E-state index in [0.29, 0.717) is 17.2 Å². The van der Waals surface area contributed by atoms with Crippen LogP contribution in [0.3, 0.4) is 0 Å². The zero-order valence-corrected chi connectivity index (χ0v) is 11.8. The third-order valence-corrected chi connectivity index (χ3v) is 4.10. The lowest BCUT2D eigenvalue weighted by Gasteiger charge is -2.09. The molecular weight excluding hydrogens is 264 g/mol. The second-order valence-corrected chi connectivity index (χ2v) is 6.05. The monoisotopic (exact) mass is 280 g/mol. The highest BCUT2D eigenvalue weighted by Gasteiger charge is 2.19. The van der Waals surface area contributed by atoms with Gasteiger partial charge < -0.3 is 10.3 Å². The molecule has 0 aliphatic rings. The van der Waals surface area contributed by atoms with E-state index in [9.17, 15) is 8.42 Å². The van der Waals surface area contributed by atoms with E-state index >= 15 is 0 Å². The Kier molecular flexibility index (Phi) is 3.23. The maximum Gasteiger partial charge on any atom is 0.280 e. The van der Waals surface area contributed by atoms with Gasteiger partial charge in [-0.3, -0.25) is 4.72 Å². The molecular formula is C12H16N4O2S. The van der Waals surface area contributed by atoms with Gasteiger partial charge in [0.1, 0.15) is 5.82 Å². The van der Waals surface area contributed by atoms with Gasteiger partial charge in [-0.05, 0) is 31.5 Å². The zero-order valence-electron chi connectivity index (χ0n) is 11.0. The summed E-state index contributed by atoms with van der Waals surface area (Å²) >= 11 is 0. The fourth-order valence-corrected chi connectivity index (χ4v) is 2.77. The first-order valence-corrected chi connectivity index (χ1v) is 7.17. The van der Waals surface area contributed by atoms with Gasteiger partial charge in [-0.25, -0.2) is 4.98 Å². The minimum absolute atomic E-state index is 0.00526. The largest absolute Gasteiger partial charge is 0.399 e. The average Bonchev–Trinajstić information content (AvgIpc) is 2.65. The van der Waals surface area contributed by atoms with Gasteiger partial charge in [-0.1, -0.05) is 6.07 Å².